The molecule has 1 aliphatic carbocycles. The first-order valence-corrected chi connectivity index (χ1v) is 12.0. The second kappa shape index (κ2) is 7.35. The highest BCUT2D eigenvalue weighted by molar-refractivity contribution is 8.16. The number of amidine groups is 1. The lowest BCUT2D eigenvalue weighted by Crippen LogP contribution is -2.37. The molecule has 2 aliphatic heterocycles. The van der Waals surface area contributed by atoms with Crippen molar-refractivity contribution in [3.8, 4) is 0 Å². The molecule has 2 atom stereocenters. The van der Waals surface area contributed by atoms with Crippen molar-refractivity contribution >= 4 is 38.4 Å². The van der Waals surface area contributed by atoms with E-state index in [9.17, 15) is 13.2 Å². The molecule has 0 bridgehead atoms. The zero-order valence-electron chi connectivity index (χ0n) is 14.7. The molecule has 0 aromatic heterocycles. The van der Waals surface area contributed by atoms with Crippen LogP contribution in [0.25, 0.3) is 0 Å². The van der Waals surface area contributed by atoms with E-state index in [0.717, 1.165) is 12.1 Å². The molecule has 0 spiro atoms. The van der Waals surface area contributed by atoms with Gasteiger partial charge in [-0.2, -0.15) is 4.99 Å². The van der Waals surface area contributed by atoms with E-state index in [1.807, 2.05) is 35.2 Å². The topological polar surface area (TPSA) is 66.8 Å². The summed E-state index contributed by atoms with van der Waals surface area (Å²) >= 11 is 1.45. The average molecular weight is 393 g/mol. The molecule has 1 amide bonds. The minimum absolute atomic E-state index is 0.0402. The van der Waals surface area contributed by atoms with Gasteiger partial charge in [-0.1, -0.05) is 55.6 Å². The first-order chi connectivity index (χ1) is 12.5. The SMILES string of the molecule is O=C(CCC1CCCC1)N=C1SC2CS(=O)(=O)CC2N1c1ccccc1. The maximum absolute atomic E-state index is 12.4. The highest BCUT2D eigenvalue weighted by atomic mass is 32.2. The number of carbonyl (C=O) groups excluding carboxylic acids is 1. The van der Waals surface area contributed by atoms with Gasteiger partial charge in [-0.3, -0.25) is 4.79 Å². The van der Waals surface area contributed by atoms with Gasteiger partial charge in [0.2, 0.25) is 5.91 Å². The lowest BCUT2D eigenvalue weighted by molar-refractivity contribution is -0.118. The summed E-state index contributed by atoms with van der Waals surface area (Å²) in [6, 6.07) is 9.55. The number of para-hydroxylation sites is 1. The van der Waals surface area contributed by atoms with E-state index in [1.54, 1.807) is 0 Å². The van der Waals surface area contributed by atoms with E-state index in [0.29, 0.717) is 17.5 Å². The molecular weight excluding hydrogens is 368 g/mol. The third-order valence-corrected chi connectivity index (χ3v) is 8.77. The Bertz CT molecular complexity index is 801. The van der Waals surface area contributed by atoms with Crippen LogP contribution in [0.1, 0.15) is 38.5 Å². The molecule has 3 fully saturated rings. The van der Waals surface area contributed by atoms with Gasteiger partial charge in [0.1, 0.15) is 0 Å². The number of thioether (sulfide) groups is 1. The van der Waals surface area contributed by atoms with Crippen LogP contribution in [0.3, 0.4) is 0 Å². The number of benzene rings is 1. The van der Waals surface area contributed by atoms with Gasteiger partial charge in [-0.05, 0) is 24.5 Å². The van der Waals surface area contributed by atoms with E-state index in [2.05, 4.69) is 4.99 Å². The molecule has 2 unspecified atom stereocenters. The summed E-state index contributed by atoms with van der Waals surface area (Å²) < 4.78 is 24.1. The monoisotopic (exact) mass is 392 g/mol. The van der Waals surface area contributed by atoms with Crippen LogP contribution < -0.4 is 4.90 Å². The molecule has 0 N–H and O–H groups in total. The number of amides is 1. The summed E-state index contributed by atoms with van der Waals surface area (Å²) in [5, 5.41) is 0.624. The molecule has 7 heteroatoms. The van der Waals surface area contributed by atoms with Crippen molar-refractivity contribution < 1.29 is 13.2 Å². The Kier molecular flexibility index (Phi) is 5.10. The second-order valence-corrected chi connectivity index (χ2v) is 10.8. The first kappa shape index (κ1) is 18.0. The zero-order valence-corrected chi connectivity index (χ0v) is 16.3. The smallest absolute Gasteiger partial charge is 0.248 e. The highest BCUT2D eigenvalue weighted by Gasteiger charge is 2.49. The Morgan fingerprint density at radius 3 is 2.62 bits per heavy atom. The number of sulfone groups is 1. The fourth-order valence-electron chi connectivity index (χ4n) is 4.24. The van der Waals surface area contributed by atoms with Gasteiger partial charge in [-0.15, -0.1) is 0 Å². The van der Waals surface area contributed by atoms with E-state index in [1.165, 1.54) is 37.4 Å². The maximum atomic E-state index is 12.4. The minimum atomic E-state index is -3.02. The van der Waals surface area contributed by atoms with Crippen LogP contribution in [-0.4, -0.2) is 42.3 Å². The van der Waals surface area contributed by atoms with Gasteiger partial charge in [0, 0.05) is 17.4 Å². The minimum Gasteiger partial charge on any atom is -0.316 e. The molecular formula is C19H24N2O3S2. The van der Waals surface area contributed by atoms with Crippen LogP contribution >= 0.6 is 11.8 Å². The fourth-order valence-corrected chi connectivity index (χ4v) is 8.18. The number of hydrogen-bond donors (Lipinski definition) is 0. The molecule has 4 rings (SSSR count). The predicted molar refractivity (Wildman–Crippen MR) is 106 cm³/mol. The molecule has 2 saturated heterocycles. The van der Waals surface area contributed by atoms with Crippen LogP contribution in [0.5, 0.6) is 0 Å². The molecule has 1 saturated carbocycles. The lowest BCUT2D eigenvalue weighted by Gasteiger charge is -2.24. The van der Waals surface area contributed by atoms with E-state index < -0.39 is 9.84 Å². The Morgan fingerprint density at radius 2 is 1.88 bits per heavy atom. The number of nitrogens with zero attached hydrogens (tertiary/aromatic N) is 2. The summed E-state index contributed by atoms with van der Waals surface area (Å²) in [6.45, 7) is 0. The molecule has 1 aromatic rings. The number of rotatable bonds is 4. The van der Waals surface area contributed by atoms with Crippen molar-refractivity contribution in [2.45, 2.75) is 49.8 Å². The lowest BCUT2D eigenvalue weighted by atomic mass is 10.0. The third kappa shape index (κ3) is 3.83. The number of carbonyl (C=O) groups is 1. The summed E-state index contributed by atoms with van der Waals surface area (Å²) in [6.07, 6.45) is 6.44. The number of aliphatic imine (C=N–C) groups is 1. The van der Waals surface area contributed by atoms with E-state index in [4.69, 9.17) is 0 Å². The molecule has 140 valence electrons. The zero-order chi connectivity index (χ0) is 18.1. The number of hydrogen-bond acceptors (Lipinski definition) is 4. The molecule has 3 aliphatic rings. The summed E-state index contributed by atoms with van der Waals surface area (Å²) in [5.41, 5.74) is 0.909. The van der Waals surface area contributed by atoms with Crippen molar-refractivity contribution in [3.05, 3.63) is 30.3 Å². The van der Waals surface area contributed by atoms with Gasteiger partial charge < -0.3 is 4.90 Å². The van der Waals surface area contributed by atoms with Gasteiger partial charge in [-0.25, -0.2) is 8.42 Å². The highest BCUT2D eigenvalue weighted by Crippen LogP contribution is 2.41. The molecule has 26 heavy (non-hydrogen) atoms. The number of fused-ring (bicyclic) bond motifs is 1. The van der Waals surface area contributed by atoms with E-state index >= 15 is 0 Å². The molecule has 2 heterocycles. The van der Waals surface area contributed by atoms with Crippen LogP contribution in [0.15, 0.2) is 35.3 Å². The fraction of sp³-hybridized carbons (Fsp3) is 0.579. The van der Waals surface area contributed by atoms with Crippen LogP contribution in [-0.2, 0) is 14.6 Å². The Morgan fingerprint density at radius 1 is 1.15 bits per heavy atom. The average Bonchev–Trinajstić information content (AvgIpc) is 3.28. The van der Waals surface area contributed by atoms with Crippen molar-refractivity contribution in [1.82, 2.24) is 0 Å². The van der Waals surface area contributed by atoms with Gasteiger partial charge >= 0.3 is 0 Å². The molecule has 5 nitrogen and oxygen atoms in total. The first-order valence-electron chi connectivity index (χ1n) is 9.35. The largest absolute Gasteiger partial charge is 0.316 e. The van der Waals surface area contributed by atoms with Crippen LogP contribution in [0, 0.1) is 5.92 Å². The van der Waals surface area contributed by atoms with Crippen molar-refractivity contribution in [3.63, 3.8) is 0 Å². The third-order valence-electron chi connectivity index (χ3n) is 5.56. The van der Waals surface area contributed by atoms with Gasteiger partial charge in [0.15, 0.2) is 15.0 Å². The Hall–Kier alpha value is -1.34. The normalized spacial score (nSPS) is 29.4. The second-order valence-electron chi connectivity index (χ2n) is 7.48. The molecule has 0 radical (unpaired) electrons. The Labute approximate surface area is 159 Å². The predicted octanol–water partition coefficient (Wildman–Crippen LogP) is 3.26. The standard InChI is InChI=1S/C19H24N2O3S2/c22-18(11-10-14-6-4-5-7-14)20-19-21(15-8-2-1-3-9-15)16-12-26(23,24)13-17(16)25-19/h1-3,8-9,14,16-17H,4-7,10-13H2. The Balaban J connectivity index is 1.53. The number of anilines is 1. The summed E-state index contributed by atoms with van der Waals surface area (Å²) in [7, 11) is -3.02. The van der Waals surface area contributed by atoms with Crippen LogP contribution in [0.2, 0.25) is 0 Å². The molecule has 1 aromatic carbocycles. The van der Waals surface area contributed by atoms with Gasteiger partial charge in [0.25, 0.3) is 0 Å². The quantitative estimate of drug-likeness (QED) is 0.787. The maximum Gasteiger partial charge on any atom is 0.248 e. The van der Waals surface area contributed by atoms with Gasteiger partial charge in [0.05, 0.1) is 17.5 Å². The van der Waals surface area contributed by atoms with Crippen LogP contribution in [0.4, 0.5) is 5.69 Å². The van der Waals surface area contributed by atoms with E-state index in [-0.39, 0.29) is 28.7 Å². The summed E-state index contributed by atoms with van der Waals surface area (Å²) in [5.74, 6) is 0.892. The summed E-state index contributed by atoms with van der Waals surface area (Å²) in [4.78, 5) is 18.8. The van der Waals surface area contributed by atoms with Crippen molar-refractivity contribution in [2.75, 3.05) is 16.4 Å². The van der Waals surface area contributed by atoms with Crippen molar-refractivity contribution in [2.24, 2.45) is 10.9 Å². The van der Waals surface area contributed by atoms with Crippen molar-refractivity contribution in [1.29, 1.82) is 0 Å².